The number of hydrogen-bond donors (Lipinski definition) is 2. The summed E-state index contributed by atoms with van der Waals surface area (Å²) in [6.45, 7) is 14.6. The molecule has 110 valence electrons. The van der Waals surface area contributed by atoms with E-state index in [2.05, 4.69) is 33.0 Å². The van der Waals surface area contributed by atoms with Gasteiger partial charge in [0.05, 0.1) is 0 Å². The average Bonchev–Trinajstić information content (AvgIpc) is 2.51. The Kier molecular flexibility index (Phi) is 3.79. The molecule has 1 fully saturated rings. The van der Waals surface area contributed by atoms with Gasteiger partial charge in [0.1, 0.15) is 5.92 Å². The first-order valence-electron chi connectivity index (χ1n) is 6.84. The average molecular weight is 269 g/mol. The van der Waals surface area contributed by atoms with Crippen molar-refractivity contribution in [1.82, 2.24) is 5.32 Å². The zero-order valence-corrected chi connectivity index (χ0v) is 13.1. The first-order valence-corrected chi connectivity index (χ1v) is 6.84. The van der Waals surface area contributed by atoms with E-state index in [0.717, 1.165) is 0 Å². The Balaban J connectivity index is 2.64. The zero-order valence-electron chi connectivity index (χ0n) is 13.1. The van der Waals surface area contributed by atoms with Gasteiger partial charge < -0.3 is 10.4 Å². The van der Waals surface area contributed by atoms with Crippen LogP contribution in [0.2, 0.25) is 0 Å². The van der Waals surface area contributed by atoms with Crippen molar-refractivity contribution in [2.45, 2.75) is 48.5 Å². The Morgan fingerprint density at radius 2 is 1.58 bits per heavy atom. The summed E-state index contributed by atoms with van der Waals surface area (Å²) in [6, 6.07) is 0. The van der Waals surface area contributed by atoms with E-state index in [1.54, 1.807) is 20.8 Å². The Morgan fingerprint density at radius 1 is 1.16 bits per heavy atom. The highest BCUT2D eigenvalue weighted by molar-refractivity contribution is 5.97. The van der Waals surface area contributed by atoms with E-state index in [4.69, 9.17) is 0 Å². The molecule has 4 heteroatoms. The Hall–Kier alpha value is -1.06. The van der Waals surface area contributed by atoms with Crippen molar-refractivity contribution in [3.05, 3.63) is 0 Å². The largest absolute Gasteiger partial charge is 0.481 e. The van der Waals surface area contributed by atoms with Gasteiger partial charge >= 0.3 is 5.97 Å². The van der Waals surface area contributed by atoms with Crippen molar-refractivity contribution >= 4 is 11.9 Å². The maximum absolute atomic E-state index is 12.1. The number of rotatable bonds is 4. The predicted molar refractivity (Wildman–Crippen MR) is 74.6 cm³/mol. The van der Waals surface area contributed by atoms with E-state index in [9.17, 15) is 14.7 Å². The van der Waals surface area contributed by atoms with Crippen LogP contribution in [0.25, 0.3) is 0 Å². The minimum absolute atomic E-state index is 0.195. The molecule has 0 aromatic rings. The quantitative estimate of drug-likeness (QED) is 0.771. The summed E-state index contributed by atoms with van der Waals surface area (Å²) in [5, 5.41) is 12.0. The van der Waals surface area contributed by atoms with Crippen LogP contribution < -0.4 is 5.32 Å². The van der Waals surface area contributed by atoms with E-state index in [-0.39, 0.29) is 16.7 Å². The first kappa shape index (κ1) is 16.0. The lowest BCUT2D eigenvalue weighted by atomic mass is 9.80. The molecule has 2 N–H and O–H groups in total. The standard InChI is InChI=1S/C15H27NO3/c1-13(2,3)10(12(18)19)11(17)16-8-9-14(4,5)15(9,6)7/h9-10H,8H2,1-7H3,(H,16,17)(H,18,19). The smallest absolute Gasteiger partial charge is 0.316 e. The van der Waals surface area contributed by atoms with Gasteiger partial charge in [-0.1, -0.05) is 48.5 Å². The minimum atomic E-state index is -1.06. The maximum Gasteiger partial charge on any atom is 0.316 e. The molecular formula is C15H27NO3. The van der Waals surface area contributed by atoms with Crippen molar-refractivity contribution in [3.63, 3.8) is 0 Å². The summed E-state index contributed by atoms with van der Waals surface area (Å²) >= 11 is 0. The monoisotopic (exact) mass is 269 g/mol. The van der Waals surface area contributed by atoms with Crippen molar-refractivity contribution in [2.75, 3.05) is 6.54 Å². The van der Waals surface area contributed by atoms with Gasteiger partial charge in [0, 0.05) is 6.54 Å². The van der Waals surface area contributed by atoms with Crippen molar-refractivity contribution in [2.24, 2.45) is 28.1 Å². The van der Waals surface area contributed by atoms with Crippen LogP contribution in [0.3, 0.4) is 0 Å². The third kappa shape index (κ3) is 2.77. The first-order chi connectivity index (χ1) is 8.33. The van der Waals surface area contributed by atoms with Gasteiger partial charge in [0.2, 0.25) is 5.91 Å². The van der Waals surface area contributed by atoms with Crippen LogP contribution in [-0.4, -0.2) is 23.5 Å². The molecule has 0 heterocycles. The van der Waals surface area contributed by atoms with Crippen LogP contribution in [-0.2, 0) is 9.59 Å². The topological polar surface area (TPSA) is 66.4 Å². The van der Waals surface area contributed by atoms with Gasteiger partial charge in [-0.3, -0.25) is 9.59 Å². The highest BCUT2D eigenvalue weighted by atomic mass is 16.4. The summed E-state index contributed by atoms with van der Waals surface area (Å²) in [7, 11) is 0. The lowest BCUT2D eigenvalue weighted by Gasteiger charge is -2.26. The third-order valence-corrected chi connectivity index (χ3v) is 5.18. The molecule has 1 atom stereocenters. The normalized spacial score (nSPS) is 22.7. The molecule has 1 unspecified atom stereocenters. The maximum atomic E-state index is 12.1. The molecule has 19 heavy (non-hydrogen) atoms. The molecule has 0 aliphatic heterocycles. The molecule has 1 amide bonds. The van der Waals surface area contributed by atoms with Gasteiger partial charge in [-0.05, 0) is 22.2 Å². The second-order valence-electron chi connectivity index (χ2n) is 7.88. The van der Waals surface area contributed by atoms with E-state index < -0.39 is 17.3 Å². The number of aliphatic carboxylic acids is 1. The SMILES string of the molecule is CC(C)(C)C(C(=O)O)C(=O)NCC1C(C)(C)C1(C)C. The van der Waals surface area contributed by atoms with Crippen molar-refractivity contribution < 1.29 is 14.7 Å². The van der Waals surface area contributed by atoms with Crippen molar-refractivity contribution in [3.8, 4) is 0 Å². The van der Waals surface area contributed by atoms with E-state index >= 15 is 0 Å². The second-order valence-corrected chi connectivity index (χ2v) is 7.88. The summed E-state index contributed by atoms with van der Waals surface area (Å²) in [5.74, 6) is -2.03. The molecule has 0 radical (unpaired) electrons. The molecule has 1 saturated carbocycles. The number of carboxylic acid groups (broad SMARTS) is 1. The fourth-order valence-corrected chi connectivity index (χ4v) is 3.02. The van der Waals surface area contributed by atoms with Gasteiger partial charge in [-0.15, -0.1) is 0 Å². The summed E-state index contributed by atoms with van der Waals surface area (Å²) in [5.41, 5.74) is -0.189. The number of carbonyl (C=O) groups excluding carboxylic acids is 1. The minimum Gasteiger partial charge on any atom is -0.481 e. The molecule has 1 rings (SSSR count). The van der Waals surface area contributed by atoms with E-state index in [0.29, 0.717) is 12.5 Å². The van der Waals surface area contributed by atoms with Crippen LogP contribution in [0.1, 0.15) is 48.5 Å². The predicted octanol–water partition coefficient (Wildman–Crippen LogP) is 2.53. The van der Waals surface area contributed by atoms with Crippen LogP contribution in [0.15, 0.2) is 0 Å². The van der Waals surface area contributed by atoms with Crippen LogP contribution in [0.4, 0.5) is 0 Å². The summed E-state index contributed by atoms with van der Waals surface area (Å²) < 4.78 is 0. The third-order valence-electron chi connectivity index (χ3n) is 5.18. The number of amides is 1. The number of hydrogen-bond acceptors (Lipinski definition) is 2. The van der Waals surface area contributed by atoms with Gasteiger partial charge in [0.15, 0.2) is 0 Å². The van der Waals surface area contributed by atoms with Gasteiger partial charge in [0.25, 0.3) is 0 Å². The molecule has 4 nitrogen and oxygen atoms in total. The fraction of sp³-hybridized carbons (Fsp3) is 0.867. The van der Waals surface area contributed by atoms with Gasteiger partial charge in [-0.2, -0.15) is 0 Å². The summed E-state index contributed by atoms with van der Waals surface area (Å²) in [4.78, 5) is 23.3. The Morgan fingerprint density at radius 3 is 1.84 bits per heavy atom. The fourth-order valence-electron chi connectivity index (χ4n) is 3.02. The lowest BCUT2D eigenvalue weighted by molar-refractivity contribution is -0.151. The number of carboxylic acids is 1. The van der Waals surface area contributed by atoms with E-state index in [1.165, 1.54) is 0 Å². The van der Waals surface area contributed by atoms with E-state index in [1.807, 2.05) is 0 Å². The molecule has 0 bridgehead atoms. The molecule has 0 aromatic heterocycles. The second kappa shape index (κ2) is 4.50. The molecular weight excluding hydrogens is 242 g/mol. The summed E-state index contributed by atoms with van der Waals surface area (Å²) in [6.07, 6.45) is 0. The zero-order chi connectivity index (χ0) is 15.2. The number of nitrogens with one attached hydrogen (secondary N) is 1. The Bertz CT molecular complexity index is 377. The lowest BCUT2D eigenvalue weighted by Crippen LogP contribution is -2.43. The highest BCUT2D eigenvalue weighted by Gasteiger charge is 2.64. The molecule has 0 saturated heterocycles. The van der Waals surface area contributed by atoms with Crippen LogP contribution in [0.5, 0.6) is 0 Å². The molecule has 0 aromatic carbocycles. The van der Waals surface area contributed by atoms with Gasteiger partial charge in [-0.25, -0.2) is 0 Å². The molecule has 1 aliphatic rings. The van der Waals surface area contributed by atoms with Crippen LogP contribution in [0, 0.1) is 28.1 Å². The van der Waals surface area contributed by atoms with Crippen LogP contribution >= 0.6 is 0 Å². The Labute approximate surface area is 116 Å². The number of carbonyl (C=O) groups is 2. The molecule has 0 spiro atoms. The van der Waals surface area contributed by atoms with Crippen molar-refractivity contribution in [1.29, 1.82) is 0 Å². The highest BCUT2D eigenvalue weighted by Crippen LogP contribution is 2.67. The molecule has 1 aliphatic carbocycles.